The second-order valence-corrected chi connectivity index (χ2v) is 7.09. The zero-order valence-corrected chi connectivity index (χ0v) is 15.2. The molecule has 0 bridgehead atoms. The number of halogens is 4. The minimum absolute atomic E-state index is 0.177. The van der Waals surface area contributed by atoms with Crippen LogP contribution in [0.1, 0.15) is 24.5 Å². The van der Waals surface area contributed by atoms with E-state index in [0.29, 0.717) is 10.8 Å². The predicted molar refractivity (Wildman–Crippen MR) is 97.4 cm³/mol. The van der Waals surface area contributed by atoms with E-state index in [9.17, 15) is 22.7 Å². The van der Waals surface area contributed by atoms with E-state index in [1.165, 1.54) is 37.4 Å². The molecule has 3 rings (SSSR count). The summed E-state index contributed by atoms with van der Waals surface area (Å²) in [6, 6.07) is 5.05. The fourth-order valence-corrected chi connectivity index (χ4v) is 3.57. The Balaban J connectivity index is 2.01. The van der Waals surface area contributed by atoms with Gasteiger partial charge in [-0.2, -0.15) is 13.2 Å². The smallest absolute Gasteiger partial charge is 0.417 e. The Morgan fingerprint density at radius 3 is 2.61 bits per heavy atom. The third-order valence-electron chi connectivity index (χ3n) is 4.94. The van der Waals surface area contributed by atoms with E-state index in [4.69, 9.17) is 4.74 Å². The van der Waals surface area contributed by atoms with E-state index in [1.807, 2.05) is 0 Å². The average Bonchev–Trinajstić information content (AvgIpc) is 2.56. The largest absolute Gasteiger partial charge is 0.482 e. The number of aliphatic hydroxyl groups is 1. The van der Waals surface area contributed by atoms with E-state index >= 15 is 0 Å². The van der Waals surface area contributed by atoms with Gasteiger partial charge in [0.1, 0.15) is 17.2 Å². The van der Waals surface area contributed by atoms with Gasteiger partial charge in [-0.25, -0.2) is 4.39 Å². The third-order valence-corrected chi connectivity index (χ3v) is 4.94. The lowest BCUT2D eigenvalue weighted by molar-refractivity contribution is -0.275. The quantitative estimate of drug-likeness (QED) is 0.794. The molecule has 0 spiro atoms. The van der Waals surface area contributed by atoms with Gasteiger partial charge in [0.2, 0.25) is 0 Å². The Kier molecular flexibility index (Phi) is 4.83. The number of hydrogen-bond donors (Lipinski definition) is 1. The Morgan fingerprint density at radius 1 is 1.29 bits per heavy atom. The van der Waals surface area contributed by atoms with Crippen molar-refractivity contribution in [3.8, 4) is 5.75 Å². The van der Waals surface area contributed by atoms with Crippen molar-refractivity contribution in [1.82, 2.24) is 4.98 Å². The van der Waals surface area contributed by atoms with Crippen molar-refractivity contribution in [1.29, 1.82) is 0 Å². The van der Waals surface area contributed by atoms with Crippen LogP contribution in [0.5, 0.6) is 5.75 Å². The minimum atomic E-state index is -4.93. The van der Waals surface area contributed by atoms with Crippen LogP contribution in [0, 0.1) is 5.82 Å². The molecule has 1 aromatic carbocycles. The molecular formula is C21H19F4NO2. The summed E-state index contributed by atoms with van der Waals surface area (Å²) >= 11 is 0. The van der Waals surface area contributed by atoms with Gasteiger partial charge in [0.25, 0.3) is 0 Å². The lowest BCUT2D eigenvalue weighted by Gasteiger charge is -2.46. The summed E-state index contributed by atoms with van der Waals surface area (Å²) in [6.07, 6.45) is -2.12. The highest BCUT2D eigenvalue weighted by molar-refractivity contribution is 5.46. The van der Waals surface area contributed by atoms with Gasteiger partial charge in [0.15, 0.2) is 5.60 Å². The molecule has 2 atom stereocenters. The monoisotopic (exact) mass is 393 g/mol. The summed E-state index contributed by atoms with van der Waals surface area (Å²) in [5.74, 6) is -0.368. The summed E-state index contributed by atoms with van der Waals surface area (Å²) in [5, 5.41) is 11.4. The van der Waals surface area contributed by atoms with Crippen molar-refractivity contribution in [3.05, 3.63) is 70.6 Å². The number of hydrogen-bond acceptors (Lipinski definition) is 3. The normalized spacial score (nSPS) is 21.3. The second kappa shape index (κ2) is 6.74. The summed E-state index contributed by atoms with van der Waals surface area (Å²) < 4.78 is 60.4. The molecular weight excluding hydrogens is 374 g/mol. The molecule has 2 heterocycles. The standard InChI is InChI=1S/C21H19F4NO2/c1-4-5-16-13(2)26-9-8-14(16)11-20(27,21(23,24)25)12-19(3)17-7-6-15(22)10-18(17)28-19/h4-10,27H,1-2,11-12H2,3H3/b16-5+. The Hall–Kier alpha value is -2.67. The van der Waals surface area contributed by atoms with Crippen molar-refractivity contribution in [3.63, 3.8) is 0 Å². The topological polar surface area (TPSA) is 42.4 Å². The van der Waals surface area contributed by atoms with Crippen molar-refractivity contribution in [2.24, 2.45) is 0 Å². The molecule has 0 saturated carbocycles. The molecule has 0 saturated heterocycles. The maximum atomic E-state index is 13.9. The van der Waals surface area contributed by atoms with E-state index in [1.54, 1.807) is 0 Å². The number of rotatable bonds is 5. The zero-order valence-electron chi connectivity index (χ0n) is 15.2. The molecule has 3 nitrogen and oxygen atoms in total. The summed E-state index contributed by atoms with van der Waals surface area (Å²) in [7, 11) is 0. The maximum Gasteiger partial charge on any atom is 0.417 e. The van der Waals surface area contributed by atoms with Crippen LogP contribution in [-0.4, -0.2) is 21.9 Å². The lowest BCUT2D eigenvalue weighted by atomic mass is 9.76. The Morgan fingerprint density at radius 2 is 2.00 bits per heavy atom. The Bertz CT molecular complexity index is 1030. The SMILES string of the molecule is C=C/C=c1/c(CC(O)(CC2(C)Oc3cc(F)ccc32)C(F)(F)F)ccnc1=C. The van der Waals surface area contributed by atoms with Gasteiger partial charge in [0, 0.05) is 35.9 Å². The molecule has 7 heteroatoms. The van der Waals surface area contributed by atoms with E-state index in [-0.39, 0.29) is 16.7 Å². The number of allylic oxidation sites excluding steroid dienone is 1. The van der Waals surface area contributed by atoms with Gasteiger partial charge in [-0.3, -0.25) is 4.98 Å². The first-order chi connectivity index (χ1) is 13.0. The molecule has 2 unspecified atom stereocenters. The minimum Gasteiger partial charge on any atom is -0.482 e. The van der Waals surface area contributed by atoms with Crippen LogP contribution in [0.15, 0.2) is 43.1 Å². The van der Waals surface area contributed by atoms with Gasteiger partial charge < -0.3 is 9.84 Å². The Labute approximate surface area is 159 Å². The number of benzene rings is 1. The van der Waals surface area contributed by atoms with Gasteiger partial charge >= 0.3 is 6.18 Å². The second-order valence-electron chi connectivity index (χ2n) is 7.09. The first-order valence-electron chi connectivity index (χ1n) is 8.53. The van der Waals surface area contributed by atoms with Crippen LogP contribution in [0.4, 0.5) is 17.6 Å². The fourth-order valence-electron chi connectivity index (χ4n) is 3.57. The summed E-state index contributed by atoms with van der Waals surface area (Å²) in [6.45, 7) is 8.71. The molecule has 1 N–H and O–H groups in total. The first-order valence-corrected chi connectivity index (χ1v) is 8.53. The van der Waals surface area contributed by atoms with Gasteiger partial charge in [0.05, 0.1) is 5.35 Å². The summed E-state index contributed by atoms with van der Waals surface area (Å²) in [4.78, 5) is 3.98. The number of alkyl halides is 3. The molecule has 0 aliphatic carbocycles. The van der Waals surface area contributed by atoms with E-state index < -0.39 is 36.0 Å². The van der Waals surface area contributed by atoms with Gasteiger partial charge in [-0.1, -0.05) is 25.3 Å². The van der Waals surface area contributed by atoms with Crippen molar-refractivity contribution < 1.29 is 27.4 Å². The van der Waals surface area contributed by atoms with Crippen molar-refractivity contribution in [2.75, 3.05) is 0 Å². The molecule has 0 radical (unpaired) electrons. The van der Waals surface area contributed by atoms with Gasteiger partial charge in [-0.15, -0.1) is 0 Å². The number of pyridine rings is 1. The van der Waals surface area contributed by atoms with Crippen LogP contribution in [-0.2, 0) is 12.0 Å². The van der Waals surface area contributed by atoms with Crippen molar-refractivity contribution >= 4 is 12.7 Å². The lowest BCUT2D eigenvalue weighted by Crippen LogP contribution is -2.55. The highest BCUT2D eigenvalue weighted by Gasteiger charge is 2.59. The first kappa shape index (κ1) is 20.1. The van der Waals surface area contributed by atoms with Crippen LogP contribution >= 0.6 is 0 Å². The maximum absolute atomic E-state index is 13.9. The highest BCUT2D eigenvalue weighted by atomic mass is 19.4. The van der Waals surface area contributed by atoms with E-state index in [0.717, 1.165) is 12.1 Å². The zero-order chi connectivity index (χ0) is 20.7. The molecule has 28 heavy (non-hydrogen) atoms. The molecule has 148 valence electrons. The predicted octanol–water partition coefficient (Wildman–Crippen LogP) is 3.13. The third kappa shape index (κ3) is 3.42. The van der Waals surface area contributed by atoms with Crippen LogP contribution < -0.4 is 15.3 Å². The fraction of sp³-hybridized carbons (Fsp3) is 0.286. The molecule has 1 aliphatic rings. The molecule has 1 aromatic heterocycles. The number of ether oxygens (including phenoxy) is 1. The number of fused-ring (bicyclic) bond motifs is 1. The van der Waals surface area contributed by atoms with Crippen LogP contribution in [0.2, 0.25) is 0 Å². The molecule has 0 amide bonds. The van der Waals surface area contributed by atoms with E-state index in [2.05, 4.69) is 18.1 Å². The molecule has 1 aliphatic heterocycles. The van der Waals surface area contributed by atoms with Crippen molar-refractivity contribution in [2.45, 2.75) is 37.1 Å². The average molecular weight is 393 g/mol. The number of nitrogens with zero attached hydrogens (tertiary/aromatic N) is 1. The van der Waals surface area contributed by atoms with Crippen LogP contribution in [0.25, 0.3) is 12.7 Å². The molecule has 2 aromatic rings. The van der Waals surface area contributed by atoms with Gasteiger partial charge in [-0.05, 0) is 30.7 Å². The van der Waals surface area contributed by atoms with Crippen LogP contribution in [0.3, 0.4) is 0 Å². The molecule has 0 fully saturated rings. The highest BCUT2D eigenvalue weighted by Crippen LogP contribution is 2.51. The summed E-state index contributed by atoms with van der Waals surface area (Å²) in [5.41, 5.74) is -3.81. The number of aromatic nitrogens is 1.